The fourth-order valence-corrected chi connectivity index (χ4v) is 2.45. The highest BCUT2D eigenvalue weighted by Gasteiger charge is 2.34. The van der Waals surface area contributed by atoms with E-state index in [9.17, 15) is 4.79 Å². The monoisotopic (exact) mass is 262 g/mol. The third kappa shape index (κ3) is 2.36. The molecule has 1 aromatic carbocycles. The van der Waals surface area contributed by atoms with Gasteiger partial charge >= 0.3 is 0 Å². The number of benzene rings is 1. The average Bonchev–Trinajstić information content (AvgIpc) is 2.42. The van der Waals surface area contributed by atoms with E-state index < -0.39 is 5.79 Å². The molecule has 2 aliphatic heterocycles. The van der Waals surface area contributed by atoms with E-state index in [1.165, 1.54) is 0 Å². The minimum absolute atomic E-state index is 0.0648. The van der Waals surface area contributed by atoms with E-state index >= 15 is 0 Å². The van der Waals surface area contributed by atoms with Crippen LogP contribution in [0.15, 0.2) is 18.2 Å². The Balaban J connectivity index is 1.88. The highest BCUT2D eigenvalue weighted by molar-refractivity contribution is 5.93. The van der Waals surface area contributed by atoms with Crippen LogP contribution in [0.25, 0.3) is 0 Å². The lowest BCUT2D eigenvalue weighted by Crippen LogP contribution is -2.46. The predicted octanol–water partition coefficient (Wildman–Crippen LogP) is 1.12. The normalized spacial score (nSPS) is 30.6. The Labute approximate surface area is 112 Å². The van der Waals surface area contributed by atoms with Crippen molar-refractivity contribution < 1.29 is 14.3 Å². The van der Waals surface area contributed by atoms with E-state index in [1.807, 2.05) is 25.1 Å². The number of amides is 1. The predicted molar refractivity (Wildman–Crippen MR) is 70.6 cm³/mol. The summed E-state index contributed by atoms with van der Waals surface area (Å²) in [4.78, 5) is 11.3. The average molecular weight is 262 g/mol. The Morgan fingerprint density at radius 3 is 2.79 bits per heavy atom. The van der Waals surface area contributed by atoms with Gasteiger partial charge in [0.05, 0.1) is 19.3 Å². The van der Waals surface area contributed by atoms with E-state index in [2.05, 4.69) is 5.32 Å². The maximum absolute atomic E-state index is 11.3. The lowest BCUT2D eigenvalue weighted by Gasteiger charge is -2.37. The van der Waals surface area contributed by atoms with Crippen molar-refractivity contribution in [2.24, 2.45) is 5.73 Å². The number of nitrogens with one attached hydrogen (secondary N) is 1. The molecule has 3 rings (SSSR count). The smallest absolute Gasteiger partial charge is 0.224 e. The first-order chi connectivity index (χ1) is 9.07. The molecule has 102 valence electrons. The minimum atomic E-state index is -0.744. The second kappa shape index (κ2) is 4.59. The number of rotatable bonds is 1. The number of carbonyl (C=O) groups excluding carboxylic acids is 1. The summed E-state index contributed by atoms with van der Waals surface area (Å²) in [5, 5.41) is 2.87. The maximum atomic E-state index is 11.3. The van der Waals surface area contributed by atoms with Gasteiger partial charge < -0.3 is 20.5 Å². The topological polar surface area (TPSA) is 73.6 Å². The van der Waals surface area contributed by atoms with Crippen molar-refractivity contribution in [1.82, 2.24) is 0 Å². The van der Waals surface area contributed by atoms with Crippen molar-refractivity contribution in [3.63, 3.8) is 0 Å². The summed E-state index contributed by atoms with van der Waals surface area (Å²) in [5.74, 6) is -0.672. The van der Waals surface area contributed by atoms with Crippen molar-refractivity contribution in [1.29, 1.82) is 0 Å². The lowest BCUT2D eigenvalue weighted by atomic mass is 9.97. The largest absolute Gasteiger partial charge is 0.344 e. The van der Waals surface area contributed by atoms with E-state index in [0.717, 1.165) is 23.2 Å². The summed E-state index contributed by atoms with van der Waals surface area (Å²) in [5.41, 5.74) is 8.74. The zero-order valence-electron chi connectivity index (χ0n) is 10.9. The quantitative estimate of drug-likeness (QED) is 0.795. The van der Waals surface area contributed by atoms with Gasteiger partial charge in [0.15, 0.2) is 5.79 Å². The number of anilines is 1. The van der Waals surface area contributed by atoms with Gasteiger partial charge in [0, 0.05) is 17.7 Å². The standard InChI is InChI=1S/C14H18N2O3/c1-14(18-7-11(15)8-19-14)10-3-4-12-9(6-10)2-5-13(17)16-12/h3-4,6,11H,2,5,7-8,15H2,1H3,(H,16,17). The molecule has 0 aromatic heterocycles. The molecule has 0 saturated carbocycles. The van der Waals surface area contributed by atoms with Crippen LogP contribution in [0.3, 0.4) is 0 Å². The molecule has 0 spiro atoms. The van der Waals surface area contributed by atoms with Gasteiger partial charge in [-0.15, -0.1) is 0 Å². The van der Waals surface area contributed by atoms with Gasteiger partial charge in [-0.05, 0) is 31.0 Å². The molecule has 0 bridgehead atoms. The summed E-state index contributed by atoms with van der Waals surface area (Å²) in [6.45, 7) is 2.89. The van der Waals surface area contributed by atoms with Gasteiger partial charge in [-0.3, -0.25) is 4.79 Å². The second-order valence-electron chi connectivity index (χ2n) is 5.25. The molecule has 0 atom stereocenters. The van der Waals surface area contributed by atoms with Crippen LogP contribution in [0, 0.1) is 0 Å². The molecule has 0 aliphatic carbocycles. The van der Waals surface area contributed by atoms with Crippen molar-refractivity contribution in [2.75, 3.05) is 18.5 Å². The Morgan fingerprint density at radius 2 is 2.05 bits per heavy atom. The van der Waals surface area contributed by atoms with Gasteiger partial charge in [-0.1, -0.05) is 6.07 Å². The molecule has 1 amide bonds. The van der Waals surface area contributed by atoms with Crippen LogP contribution in [0.4, 0.5) is 5.69 Å². The lowest BCUT2D eigenvalue weighted by molar-refractivity contribution is -0.270. The first-order valence-corrected chi connectivity index (χ1v) is 6.53. The molecule has 19 heavy (non-hydrogen) atoms. The number of hydrogen-bond acceptors (Lipinski definition) is 4. The minimum Gasteiger partial charge on any atom is -0.344 e. The molecule has 0 radical (unpaired) electrons. The van der Waals surface area contributed by atoms with Crippen molar-refractivity contribution >= 4 is 11.6 Å². The van der Waals surface area contributed by atoms with Crippen molar-refractivity contribution in [3.8, 4) is 0 Å². The fourth-order valence-electron chi connectivity index (χ4n) is 2.45. The number of carbonyl (C=O) groups is 1. The zero-order chi connectivity index (χ0) is 13.5. The van der Waals surface area contributed by atoms with Gasteiger partial charge in [-0.2, -0.15) is 0 Å². The molecule has 1 saturated heterocycles. The Kier molecular flexibility index (Phi) is 3.05. The molecule has 1 aromatic rings. The van der Waals surface area contributed by atoms with Gasteiger partial charge in [-0.25, -0.2) is 0 Å². The molecule has 1 fully saturated rings. The molecular formula is C14H18N2O3. The molecule has 0 unspecified atom stereocenters. The Bertz CT molecular complexity index is 507. The van der Waals surface area contributed by atoms with Gasteiger partial charge in [0.25, 0.3) is 0 Å². The van der Waals surface area contributed by atoms with E-state index in [1.54, 1.807) is 0 Å². The fraction of sp³-hybridized carbons (Fsp3) is 0.500. The number of aryl methyl sites for hydroxylation is 1. The zero-order valence-corrected chi connectivity index (χ0v) is 10.9. The third-order valence-electron chi connectivity index (χ3n) is 3.67. The number of ether oxygens (including phenoxy) is 2. The summed E-state index contributed by atoms with van der Waals surface area (Å²) < 4.78 is 11.5. The summed E-state index contributed by atoms with van der Waals surface area (Å²) in [7, 11) is 0. The van der Waals surface area contributed by atoms with Crippen LogP contribution in [0.1, 0.15) is 24.5 Å². The van der Waals surface area contributed by atoms with Crippen LogP contribution < -0.4 is 11.1 Å². The first kappa shape index (κ1) is 12.6. The van der Waals surface area contributed by atoms with Crippen LogP contribution in [-0.2, 0) is 26.5 Å². The highest BCUT2D eigenvalue weighted by Crippen LogP contribution is 2.33. The van der Waals surface area contributed by atoms with Crippen LogP contribution in [0.2, 0.25) is 0 Å². The van der Waals surface area contributed by atoms with E-state index in [0.29, 0.717) is 19.6 Å². The Morgan fingerprint density at radius 1 is 1.32 bits per heavy atom. The third-order valence-corrected chi connectivity index (χ3v) is 3.67. The van der Waals surface area contributed by atoms with Crippen LogP contribution >= 0.6 is 0 Å². The molecule has 3 N–H and O–H groups in total. The van der Waals surface area contributed by atoms with E-state index in [4.69, 9.17) is 15.2 Å². The van der Waals surface area contributed by atoms with Crippen LogP contribution in [-0.4, -0.2) is 25.2 Å². The molecule has 2 aliphatic rings. The van der Waals surface area contributed by atoms with Crippen molar-refractivity contribution in [3.05, 3.63) is 29.3 Å². The highest BCUT2D eigenvalue weighted by atomic mass is 16.7. The molecule has 2 heterocycles. The van der Waals surface area contributed by atoms with Crippen molar-refractivity contribution in [2.45, 2.75) is 31.6 Å². The number of hydrogen-bond donors (Lipinski definition) is 2. The Hall–Kier alpha value is -1.43. The molecular weight excluding hydrogens is 244 g/mol. The van der Waals surface area contributed by atoms with Gasteiger partial charge in [0.1, 0.15) is 0 Å². The SMILES string of the molecule is CC1(c2ccc3c(c2)CCC(=O)N3)OCC(N)CO1. The van der Waals surface area contributed by atoms with Crippen LogP contribution in [0.5, 0.6) is 0 Å². The maximum Gasteiger partial charge on any atom is 0.224 e. The van der Waals surface area contributed by atoms with Gasteiger partial charge in [0.2, 0.25) is 5.91 Å². The van der Waals surface area contributed by atoms with E-state index in [-0.39, 0.29) is 11.9 Å². The second-order valence-corrected chi connectivity index (χ2v) is 5.25. The molecule has 5 heteroatoms. The number of nitrogens with two attached hydrogens (primary N) is 1. The number of fused-ring (bicyclic) bond motifs is 1. The first-order valence-electron chi connectivity index (χ1n) is 6.53. The molecule has 5 nitrogen and oxygen atoms in total. The summed E-state index contributed by atoms with van der Waals surface area (Å²) in [6, 6.07) is 5.83. The summed E-state index contributed by atoms with van der Waals surface area (Å²) >= 11 is 0. The summed E-state index contributed by atoms with van der Waals surface area (Å²) in [6.07, 6.45) is 1.28.